The Morgan fingerprint density at radius 1 is 1.22 bits per heavy atom. The van der Waals surface area contributed by atoms with E-state index in [4.69, 9.17) is 14.2 Å². The van der Waals surface area contributed by atoms with Gasteiger partial charge in [0.25, 0.3) is 5.91 Å². The number of hydrogen-bond acceptors (Lipinski definition) is 9. The van der Waals surface area contributed by atoms with E-state index in [0.29, 0.717) is 60.0 Å². The second-order valence-corrected chi connectivity index (χ2v) is 10.00. The molecule has 0 radical (unpaired) electrons. The predicted octanol–water partition coefficient (Wildman–Crippen LogP) is 2.28. The maximum atomic E-state index is 14.8. The van der Waals surface area contributed by atoms with Gasteiger partial charge in [-0.05, 0) is 43.9 Å². The van der Waals surface area contributed by atoms with Crippen molar-refractivity contribution in [2.75, 3.05) is 25.6 Å². The maximum Gasteiger partial charge on any atom is 0.263 e. The Kier molecular flexibility index (Phi) is 5.93. The van der Waals surface area contributed by atoms with Gasteiger partial charge >= 0.3 is 0 Å². The molecule has 11 heteroatoms. The summed E-state index contributed by atoms with van der Waals surface area (Å²) >= 11 is 0. The standard InChI is InChI=1S/C26H28FN5O5/c1-35-22-5-3-18-23(32-22)16(17(27)12-28-18)10-20(33)26-8-6-25(7-9-26,14-37-26)29-11-15-2-4-19-24(30-15)31-21(34)13-36-19/h2-5,12,20,29,33H,6-11,13-14H2,1H3,(H,30,31,34)/t20-,25?,26?/m1/s1. The number of amides is 1. The van der Waals surface area contributed by atoms with Crippen LogP contribution in [-0.2, 0) is 22.5 Å². The van der Waals surface area contributed by atoms with E-state index in [9.17, 15) is 14.3 Å². The average Bonchev–Trinajstić information content (AvgIpc) is 2.94. The summed E-state index contributed by atoms with van der Waals surface area (Å²) in [5.41, 5.74) is 1.05. The van der Waals surface area contributed by atoms with Crippen molar-refractivity contribution >= 4 is 22.8 Å². The Labute approximate surface area is 212 Å². The summed E-state index contributed by atoms with van der Waals surface area (Å²) in [4.78, 5) is 24.6. The number of hydrogen-bond donors (Lipinski definition) is 3. The highest BCUT2D eigenvalue weighted by Gasteiger charge is 2.53. The van der Waals surface area contributed by atoms with Crippen LogP contribution in [0.2, 0.25) is 0 Å². The number of fused-ring (bicyclic) bond motifs is 5. The van der Waals surface area contributed by atoms with E-state index >= 15 is 0 Å². The van der Waals surface area contributed by atoms with Crippen LogP contribution in [0.4, 0.5) is 10.2 Å². The zero-order valence-electron chi connectivity index (χ0n) is 20.4. The highest BCUT2D eigenvalue weighted by Crippen LogP contribution is 2.46. The zero-order valence-corrected chi connectivity index (χ0v) is 20.4. The van der Waals surface area contributed by atoms with Crippen molar-refractivity contribution in [3.05, 3.63) is 47.5 Å². The molecular weight excluding hydrogens is 481 g/mol. The molecule has 3 fully saturated rings. The number of methoxy groups -OCH3 is 1. The number of halogens is 1. The summed E-state index contributed by atoms with van der Waals surface area (Å²) in [6.07, 6.45) is 3.23. The predicted molar refractivity (Wildman–Crippen MR) is 131 cm³/mol. The van der Waals surface area contributed by atoms with Gasteiger partial charge in [0.1, 0.15) is 5.82 Å². The molecule has 10 nitrogen and oxygen atoms in total. The van der Waals surface area contributed by atoms with Crippen LogP contribution in [-0.4, -0.2) is 63.5 Å². The zero-order chi connectivity index (χ0) is 25.6. The lowest BCUT2D eigenvalue weighted by molar-refractivity contribution is -0.208. The number of aliphatic hydroxyl groups excluding tert-OH is 1. The van der Waals surface area contributed by atoms with Crippen LogP contribution in [0, 0.1) is 5.82 Å². The Morgan fingerprint density at radius 2 is 2.05 bits per heavy atom. The number of nitrogens with one attached hydrogen (secondary N) is 2. The lowest BCUT2D eigenvalue weighted by atomic mass is 9.68. The molecule has 2 saturated heterocycles. The van der Waals surface area contributed by atoms with E-state index < -0.39 is 17.5 Å². The van der Waals surface area contributed by atoms with Crippen LogP contribution in [0.3, 0.4) is 0 Å². The summed E-state index contributed by atoms with van der Waals surface area (Å²) in [6, 6.07) is 7.08. The number of pyridine rings is 3. The monoisotopic (exact) mass is 509 g/mol. The molecule has 3 N–H and O–H groups in total. The van der Waals surface area contributed by atoms with Crippen LogP contribution in [0.1, 0.15) is 36.9 Å². The molecule has 1 amide bonds. The normalized spacial score (nSPS) is 25.3. The van der Waals surface area contributed by atoms with Crippen molar-refractivity contribution in [1.82, 2.24) is 20.3 Å². The van der Waals surface area contributed by atoms with Crippen molar-refractivity contribution in [2.24, 2.45) is 0 Å². The van der Waals surface area contributed by atoms with Gasteiger partial charge in [0.2, 0.25) is 5.88 Å². The first kappa shape index (κ1) is 24.0. The lowest BCUT2D eigenvalue weighted by Crippen LogP contribution is -2.65. The third kappa shape index (κ3) is 4.36. The summed E-state index contributed by atoms with van der Waals surface area (Å²) in [5.74, 6) is 0.624. The largest absolute Gasteiger partial charge is 0.481 e. The average molecular weight is 510 g/mol. The van der Waals surface area contributed by atoms with E-state index in [-0.39, 0.29) is 24.5 Å². The summed E-state index contributed by atoms with van der Waals surface area (Å²) in [6.45, 7) is 0.930. The Hall–Kier alpha value is -3.41. The van der Waals surface area contributed by atoms with Crippen LogP contribution in [0.5, 0.6) is 11.6 Å². The number of carbonyl (C=O) groups is 1. The Bertz CT molecular complexity index is 1340. The number of anilines is 1. The summed E-state index contributed by atoms with van der Waals surface area (Å²) < 4.78 is 31.7. The number of aliphatic hydroxyl groups is 1. The first-order chi connectivity index (χ1) is 17.9. The van der Waals surface area contributed by atoms with Gasteiger partial charge in [0, 0.05) is 30.1 Å². The maximum absolute atomic E-state index is 14.8. The van der Waals surface area contributed by atoms with E-state index in [1.54, 1.807) is 12.1 Å². The molecule has 194 valence electrons. The van der Waals surface area contributed by atoms with Crippen molar-refractivity contribution < 1.29 is 28.5 Å². The van der Waals surface area contributed by atoms with Crippen LogP contribution in [0.25, 0.3) is 11.0 Å². The highest BCUT2D eigenvalue weighted by atomic mass is 19.1. The molecule has 1 saturated carbocycles. The van der Waals surface area contributed by atoms with Crippen LogP contribution >= 0.6 is 0 Å². The fourth-order valence-corrected chi connectivity index (χ4v) is 5.52. The minimum atomic E-state index is -0.898. The van der Waals surface area contributed by atoms with Crippen molar-refractivity contribution in [1.29, 1.82) is 0 Å². The van der Waals surface area contributed by atoms with E-state index in [2.05, 4.69) is 25.6 Å². The van der Waals surface area contributed by atoms with Gasteiger partial charge in [-0.25, -0.2) is 14.4 Å². The van der Waals surface area contributed by atoms with Gasteiger partial charge in [0.15, 0.2) is 18.2 Å². The quantitative estimate of drug-likeness (QED) is 0.439. The van der Waals surface area contributed by atoms with Gasteiger partial charge in [-0.2, -0.15) is 0 Å². The van der Waals surface area contributed by atoms with Crippen LogP contribution in [0.15, 0.2) is 30.5 Å². The molecule has 0 aromatic carbocycles. The summed E-state index contributed by atoms with van der Waals surface area (Å²) in [7, 11) is 1.50. The van der Waals surface area contributed by atoms with Crippen LogP contribution < -0.4 is 20.1 Å². The van der Waals surface area contributed by atoms with E-state index in [1.807, 2.05) is 12.1 Å². The van der Waals surface area contributed by atoms with Crippen molar-refractivity contribution in [3.63, 3.8) is 0 Å². The summed E-state index contributed by atoms with van der Waals surface area (Å²) in [5, 5.41) is 17.6. The second-order valence-electron chi connectivity index (χ2n) is 10.00. The molecule has 0 spiro atoms. The smallest absolute Gasteiger partial charge is 0.263 e. The molecule has 3 aliphatic heterocycles. The Morgan fingerprint density at radius 3 is 2.81 bits per heavy atom. The topological polar surface area (TPSA) is 128 Å². The Balaban J connectivity index is 1.13. The molecule has 1 aliphatic carbocycles. The fraction of sp³-hybridized carbons (Fsp3) is 0.462. The molecule has 6 heterocycles. The van der Waals surface area contributed by atoms with Gasteiger partial charge < -0.3 is 30.0 Å². The molecular formula is C26H28FN5O5. The third-order valence-corrected chi connectivity index (χ3v) is 7.82. The lowest BCUT2D eigenvalue weighted by Gasteiger charge is -2.55. The SMILES string of the molecule is COc1ccc2ncc(F)c(C[C@@H](O)C34CCC(NCc5ccc6c(n5)NC(=O)CO6)(CC3)CO4)c2n1. The molecule has 0 unspecified atom stereocenters. The molecule has 3 aromatic heterocycles. The second kappa shape index (κ2) is 9.16. The van der Waals surface area contributed by atoms with Crippen molar-refractivity contribution in [3.8, 4) is 11.6 Å². The number of ether oxygens (including phenoxy) is 3. The fourth-order valence-electron chi connectivity index (χ4n) is 5.52. The number of rotatable bonds is 7. The van der Waals surface area contributed by atoms with E-state index in [1.165, 1.54) is 13.3 Å². The number of nitrogens with zero attached hydrogens (tertiary/aromatic N) is 3. The molecule has 37 heavy (non-hydrogen) atoms. The number of carbonyl (C=O) groups excluding carboxylic acids is 1. The van der Waals surface area contributed by atoms with Gasteiger partial charge in [-0.15, -0.1) is 0 Å². The molecule has 7 rings (SSSR count). The molecule has 2 bridgehead atoms. The minimum absolute atomic E-state index is 0.00490. The van der Waals surface area contributed by atoms with Gasteiger partial charge in [-0.1, -0.05) is 0 Å². The van der Waals surface area contributed by atoms with Crippen molar-refractivity contribution in [2.45, 2.75) is 55.9 Å². The molecule has 1 atom stereocenters. The first-order valence-corrected chi connectivity index (χ1v) is 12.4. The highest BCUT2D eigenvalue weighted by molar-refractivity contribution is 5.94. The number of aromatic nitrogens is 3. The molecule has 4 aliphatic rings. The van der Waals surface area contributed by atoms with Gasteiger partial charge in [0.05, 0.1) is 48.3 Å². The van der Waals surface area contributed by atoms with Gasteiger partial charge in [-0.3, -0.25) is 9.78 Å². The molecule has 3 aromatic rings. The minimum Gasteiger partial charge on any atom is -0.481 e. The van der Waals surface area contributed by atoms with E-state index in [0.717, 1.165) is 18.5 Å². The third-order valence-electron chi connectivity index (χ3n) is 7.82. The first-order valence-electron chi connectivity index (χ1n) is 12.4.